The third-order valence-corrected chi connectivity index (χ3v) is 7.22. The van der Waals surface area contributed by atoms with Crippen molar-refractivity contribution < 1.29 is 13.2 Å². The second kappa shape index (κ2) is 7.54. The molecule has 6 heteroatoms. The monoisotopic (exact) mass is 384 g/mol. The van der Waals surface area contributed by atoms with Crippen LogP contribution in [-0.4, -0.2) is 49.6 Å². The molecule has 0 aromatic heterocycles. The Hall–Kier alpha value is -2.02. The predicted octanol–water partition coefficient (Wildman–Crippen LogP) is 2.79. The molecule has 0 N–H and O–H groups in total. The van der Waals surface area contributed by atoms with Crippen LogP contribution in [0.4, 0.5) is 0 Å². The minimum absolute atomic E-state index is 0.133. The van der Waals surface area contributed by atoms with Crippen molar-refractivity contribution in [2.75, 3.05) is 26.2 Å². The number of piperazine rings is 1. The van der Waals surface area contributed by atoms with Gasteiger partial charge in [-0.3, -0.25) is 9.69 Å². The van der Waals surface area contributed by atoms with Gasteiger partial charge in [0.2, 0.25) is 10.0 Å². The maximum atomic E-state index is 12.9. The number of nitrogens with zero attached hydrogens (tertiary/aromatic N) is 2. The van der Waals surface area contributed by atoms with Crippen molar-refractivity contribution in [2.24, 2.45) is 5.92 Å². The first-order valence-electron chi connectivity index (χ1n) is 9.45. The van der Waals surface area contributed by atoms with Gasteiger partial charge in [-0.2, -0.15) is 4.31 Å². The van der Waals surface area contributed by atoms with Crippen LogP contribution < -0.4 is 0 Å². The smallest absolute Gasteiger partial charge is 0.243 e. The number of rotatable bonds is 6. The van der Waals surface area contributed by atoms with Gasteiger partial charge in [-0.15, -0.1) is 0 Å². The highest BCUT2D eigenvalue weighted by molar-refractivity contribution is 7.89. The van der Waals surface area contributed by atoms with Gasteiger partial charge in [0.25, 0.3) is 0 Å². The van der Waals surface area contributed by atoms with Gasteiger partial charge in [0.1, 0.15) is 0 Å². The molecule has 2 aromatic rings. The molecular formula is C21H24N2O3S. The molecule has 1 aliphatic heterocycles. The lowest BCUT2D eigenvalue weighted by Crippen LogP contribution is -2.48. The number of carbonyl (C=O) groups excluding carboxylic acids is 1. The minimum atomic E-state index is -3.51. The van der Waals surface area contributed by atoms with Gasteiger partial charge in [-0.05, 0) is 30.5 Å². The molecule has 0 spiro atoms. The van der Waals surface area contributed by atoms with Crippen LogP contribution in [0.2, 0.25) is 0 Å². The highest BCUT2D eigenvalue weighted by Gasteiger charge is 2.31. The van der Waals surface area contributed by atoms with Gasteiger partial charge >= 0.3 is 0 Å². The fourth-order valence-electron chi connectivity index (χ4n) is 3.49. The van der Waals surface area contributed by atoms with Crippen molar-refractivity contribution in [3.8, 4) is 0 Å². The summed E-state index contributed by atoms with van der Waals surface area (Å²) in [7, 11) is -3.51. The zero-order valence-corrected chi connectivity index (χ0v) is 16.1. The van der Waals surface area contributed by atoms with E-state index in [4.69, 9.17) is 0 Å². The number of ketones is 1. The summed E-state index contributed by atoms with van der Waals surface area (Å²) in [6, 6.07) is 16.7. The quantitative estimate of drug-likeness (QED) is 0.719. The van der Waals surface area contributed by atoms with Crippen LogP contribution in [0.5, 0.6) is 0 Å². The highest BCUT2D eigenvalue weighted by atomic mass is 32.2. The van der Waals surface area contributed by atoms with Gasteiger partial charge in [-0.1, -0.05) is 42.5 Å². The van der Waals surface area contributed by atoms with Gasteiger partial charge in [-0.25, -0.2) is 8.42 Å². The molecule has 5 nitrogen and oxygen atoms in total. The summed E-state index contributed by atoms with van der Waals surface area (Å²) >= 11 is 0. The lowest BCUT2D eigenvalue weighted by molar-refractivity contribution is 0.0967. The number of carbonyl (C=O) groups is 1. The average molecular weight is 385 g/mol. The Morgan fingerprint density at radius 2 is 1.52 bits per heavy atom. The summed E-state index contributed by atoms with van der Waals surface area (Å²) < 4.78 is 27.4. The molecule has 0 unspecified atom stereocenters. The van der Waals surface area contributed by atoms with Gasteiger partial charge in [0.05, 0.1) is 4.90 Å². The molecular weight excluding hydrogens is 360 g/mol. The number of hydrogen-bond acceptors (Lipinski definition) is 4. The van der Waals surface area contributed by atoms with Crippen molar-refractivity contribution in [3.63, 3.8) is 0 Å². The first kappa shape index (κ1) is 18.3. The molecule has 2 aliphatic rings. The van der Waals surface area contributed by atoms with Crippen molar-refractivity contribution >= 4 is 15.8 Å². The first-order chi connectivity index (χ1) is 13.0. The van der Waals surface area contributed by atoms with Gasteiger partial charge < -0.3 is 0 Å². The standard InChI is InChI=1S/C21H24N2O3S/c24-21(18-6-7-18)19-8-10-20(11-9-19)27(25,26)23-14-12-22(13-15-23)16-17-4-2-1-3-5-17/h1-5,8-11,18H,6-7,12-16H2. The van der Waals surface area contributed by atoms with Crippen LogP contribution in [0.1, 0.15) is 28.8 Å². The lowest BCUT2D eigenvalue weighted by Gasteiger charge is -2.34. The summed E-state index contributed by atoms with van der Waals surface area (Å²) in [5, 5.41) is 0. The van der Waals surface area contributed by atoms with E-state index in [1.54, 1.807) is 28.6 Å². The second-order valence-electron chi connectivity index (χ2n) is 7.33. The Balaban J connectivity index is 1.38. The predicted molar refractivity (Wildman–Crippen MR) is 104 cm³/mol. The fraction of sp³-hybridized carbons (Fsp3) is 0.381. The molecule has 1 saturated carbocycles. The van der Waals surface area contributed by atoms with Crippen LogP contribution >= 0.6 is 0 Å². The molecule has 2 fully saturated rings. The van der Waals surface area contributed by atoms with Gasteiger partial charge in [0.15, 0.2) is 5.78 Å². The maximum absolute atomic E-state index is 12.9. The molecule has 142 valence electrons. The summed E-state index contributed by atoms with van der Waals surface area (Å²) in [5.41, 5.74) is 1.86. The molecule has 2 aromatic carbocycles. The Labute approximate surface area is 160 Å². The second-order valence-corrected chi connectivity index (χ2v) is 9.27. The zero-order chi connectivity index (χ0) is 18.9. The summed E-state index contributed by atoms with van der Waals surface area (Å²) in [6.45, 7) is 3.24. The minimum Gasteiger partial charge on any atom is -0.296 e. The fourth-order valence-corrected chi connectivity index (χ4v) is 4.91. The van der Waals surface area contributed by atoms with E-state index in [0.717, 1.165) is 19.4 Å². The van der Waals surface area contributed by atoms with E-state index >= 15 is 0 Å². The number of hydrogen-bond donors (Lipinski definition) is 0. The Kier molecular flexibility index (Phi) is 5.12. The Morgan fingerprint density at radius 1 is 0.889 bits per heavy atom. The van der Waals surface area contributed by atoms with Crippen LogP contribution in [0.25, 0.3) is 0 Å². The molecule has 27 heavy (non-hydrogen) atoms. The molecule has 0 bridgehead atoms. The molecule has 4 rings (SSSR count). The Morgan fingerprint density at radius 3 is 2.11 bits per heavy atom. The highest BCUT2D eigenvalue weighted by Crippen LogP contribution is 2.32. The average Bonchev–Trinajstić information content (AvgIpc) is 3.54. The van der Waals surface area contributed by atoms with E-state index in [0.29, 0.717) is 31.7 Å². The summed E-state index contributed by atoms with van der Waals surface area (Å²) in [4.78, 5) is 14.6. The zero-order valence-electron chi connectivity index (χ0n) is 15.3. The van der Waals surface area contributed by atoms with Crippen LogP contribution in [0, 0.1) is 5.92 Å². The van der Waals surface area contributed by atoms with Crippen molar-refractivity contribution in [2.45, 2.75) is 24.3 Å². The van der Waals surface area contributed by atoms with Crippen LogP contribution in [-0.2, 0) is 16.6 Å². The van der Waals surface area contributed by atoms with Crippen molar-refractivity contribution in [1.82, 2.24) is 9.21 Å². The molecule has 1 heterocycles. The molecule has 0 radical (unpaired) electrons. The first-order valence-corrected chi connectivity index (χ1v) is 10.9. The topological polar surface area (TPSA) is 57.7 Å². The number of benzene rings is 2. The van der Waals surface area contributed by atoms with E-state index in [2.05, 4.69) is 17.0 Å². The van der Waals surface area contributed by atoms with E-state index in [-0.39, 0.29) is 16.6 Å². The van der Waals surface area contributed by atoms with Crippen LogP contribution in [0.15, 0.2) is 59.5 Å². The normalized spacial score (nSPS) is 19.1. The number of sulfonamides is 1. The Bertz CT molecular complexity index is 898. The SMILES string of the molecule is O=C(c1ccc(S(=O)(=O)N2CCN(Cc3ccccc3)CC2)cc1)C1CC1. The summed E-state index contributed by atoms with van der Waals surface area (Å²) in [5.74, 6) is 0.277. The van der Waals surface area contributed by atoms with E-state index < -0.39 is 10.0 Å². The molecule has 1 saturated heterocycles. The van der Waals surface area contributed by atoms with Crippen LogP contribution in [0.3, 0.4) is 0 Å². The van der Waals surface area contributed by atoms with Gasteiger partial charge in [0, 0.05) is 44.2 Å². The van der Waals surface area contributed by atoms with Crippen molar-refractivity contribution in [1.29, 1.82) is 0 Å². The molecule has 0 atom stereocenters. The molecule has 1 aliphatic carbocycles. The third-order valence-electron chi connectivity index (χ3n) is 5.31. The van der Waals surface area contributed by atoms with E-state index in [1.807, 2.05) is 18.2 Å². The van der Waals surface area contributed by atoms with E-state index in [1.165, 1.54) is 5.56 Å². The summed E-state index contributed by atoms with van der Waals surface area (Å²) in [6.07, 6.45) is 1.90. The lowest BCUT2D eigenvalue weighted by atomic mass is 10.1. The third kappa shape index (κ3) is 4.13. The maximum Gasteiger partial charge on any atom is 0.243 e. The largest absolute Gasteiger partial charge is 0.296 e. The van der Waals surface area contributed by atoms with E-state index in [9.17, 15) is 13.2 Å². The number of Topliss-reactive ketones (excluding diaryl/α,β-unsaturated/α-hetero) is 1. The van der Waals surface area contributed by atoms with Crippen molar-refractivity contribution in [3.05, 3.63) is 65.7 Å². The molecule has 0 amide bonds.